The minimum atomic E-state index is -0.219. The first-order valence-electron chi connectivity index (χ1n) is 23.5. The van der Waals surface area contributed by atoms with Crippen LogP contribution in [0.4, 0.5) is 28.4 Å². The van der Waals surface area contributed by atoms with Gasteiger partial charge >= 0.3 is 6.85 Å². The Morgan fingerprint density at radius 2 is 1.10 bits per heavy atom. The van der Waals surface area contributed by atoms with Gasteiger partial charge in [-0.3, -0.25) is 0 Å². The fourth-order valence-corrected chi connectivity index (χ4v) is 12.3. The zero-order chi connectivity index (χ0) is 45.3. The fourth-order valence-electron chi connectivity index (χ4n) is 11.0. The number of nitrogens with zero attached hydrogens (tertiary/aromatic N) is 2. The Morgan fingerprint density at radius 1 is 0.448 bits per heavy atom. The van der Waals surface area contributed by atoms with Gasteiger partial charge in [0.15, 0.2) is 0 Å². The van der Waals surface area contributed by atoms with Crippen molar-refractivity contribution >= 4 is 99.7 Å². The summed E-state index contributed by atoms with van der Waals surface area (Å²) in [5, 5.41) is 4.85. The molecular formula is C62H49BN2OS. The molecule has 2 aliphatic heterocycles. The first-order chi connectivity index (χ1) is 32.5. The van der Waals surface area contributed by atoms with Gasteiger partial charge in [0.25, 0.3) is 0 Å². The number of para-hydroxylation sites is 1. The average molecular weight is 881 g/mol. The quantitative estimate of drug-likeness (QED) is 0.164. The Labute approximate surface area is 396 Å². The van der Waals surface area contributed by atoms with Crippen LogP contribution in [0.25, 0.3) is 75.5 Å². The van der Waals surface area contributed by atoms with E-state index in [0.29, 0.717) is 0 Å². The number of hydrogen-bond donors (Lipinski definition) is 0. The van der Waals surface area contributed by atoms with Crippen molar-refractivity contribution in [3.63, 3.8) is 0 Å². The van der Waals surface area contributed by atoms with Crippen LogP contribution in [0.5, 0.6) is 0 Å². The number of furan rings is 1. The van der Waals surface area contributed by atoms with Gasteiger partial charge in [-0.2, -0.15) is 0 Å². The lowest BCUT2D eigenvalue weighted by molar-refractivity contribution is 0.590. The second kappa shape index (κ2) is 14.6. The largest absolute Gasteiger partial charge is 0.456 e. The minimum absolute atomic E-state index is 0.00414. The van der Waals surface area contributed by atoms with Crippen LogP contribution in [-0.4, -0.2) is 6.85 Å². The molecule has 0 N–H and O–H groups in total. The molecule has 4 heterocycles. The Balaban J connectivity index is 1.23. The van der Waals surface area contributed by atoms with Crippen LogP contribution < -0.4 is 20.6 Å². The van der Waals surface area contributed by atoms with Crippen molar-refractivity contribution in [2.75, 3.05) is 9.71 Å². The molecule has 0 amide bonds. The maximum absolute atomic E-state index is 6.85. The van der Waals surface area contributed by atoms with Crippen molar-refractivity contribution in [1.82, 2.24) is 0 Å². The highest BCUT2D eigenvalue weighted by Gasteiger charge is 2.48. The van der Waals surface area contributed by atoms with Crippen molar-refractivity contribution in [3.8, 4) is 33.4 Å². The van der Waals surface area contributed by atoms with Gasteiger partial charge < -0.3 is 14.1 Å². The second-order valence-corrected chi connectivity index (χ2v) is 21.5. The third kappa shape index (κ3) is 6.10. The SMILES string of the molecule is CC(C)(C)c1ccc(N2B3c4c(cc5c(sc6ccccc65)c4N(c4ccc(C(C)(C)C)cc4-c4ccccc4)c4ccc5oc6ccccc6c5c43)-c3ccc(-c4ccccc4)cc32)cc1. The van der Waals surface area contributed by atoms with Gasteiger partial charge in [-0.15, -0.1) is 11.3 Å². The van der Waals surface area contributed by atoms with E-state index in [1.54, 1.807) is 0 Å². The molecule has 322 valence electrons. The zero-order valence-corrected chi connectivity index (χ0v) is 39.5. The normalized spacial score (nSPS) is 13.4. The highest BCUT2D eigenvalue weighted by molar-refractivity contribution is 7.26. The number of rotatable bonds is 4. The van der Waals surface area contributed by atoms with Gasteiger partial charge in [-0.1, -0.05) is 169 Å². The first kappa shape index (κ1) is 40.0. The summed E-state index contributed by atoms with van der Waals surface area (Å²) in [6.45, 7) is 13.6. The van der Waals surface area contributed by atoms with Crippen molar-refractivity contribution in [1.29, 1.82) is 0 Å². The lowest BCUT2D eigenvalue weighted by Crippen LogP contribution is -2.61. The molecule has 0 spiro atoms. The summed E-state index contributed by atoms with van der Waals surface area (Å²) >= 11 is 1.92. The molecule has 0 radical (unpaired) electrons. The Hall–Kier alpha value is -7.34. The summed E-state index contributed by atoms with van der Waals surface area (Å²) in [6, 6.07) is 70.3. The monoisotopic (exact) mass is 880 g/mol. The van der Waals surface area contributed by atoms with E-state index in [1.807, 2.05) is 11.3 Å². The van der Waals surface area contributed by atoms with Gasteiger partial charge in [0.05, 0.1) is 16.1 Å². The van der Waals surface area contributed by atoms with Gasteiger partial charge in [-0.25, -0.2) is 0 Å². The molecule has 0 unspecified atom stereocenters. The van der Waals surface area contributed by atoms with Gasteiger partial charge in [-0.05, 0) is 116 Å². The number of hydrogen-bond acceptors (Lipinski definition) is 4. The molecule has 0 bridgehead atoms. The fraction of sp³-hybridized carbons (Fsp3) is 0.129. The summed E-state index contributed by atoms with van der Waals surface area (Å²) in [5.41, 5.74) is 20.1. The Kier molecular flexibility index (Phi) is 8.70. The molecule has 0 atom stereocenters. The molecular weight excluding hydrogens is 832 g/mol. The minimum Gasteiger partial charge on any atom is -0.456 e. The predicted molar refractivity (Wildman–Crippen MR) is 289 cm³/mol. The molecule has 2 aliphatic rings. The molecule has 2 aromatic heterocycles. The molecule has 0 saturated carbocycles. The van der Waals surface area contributed by atoms with E-state index >= 15 is 0 Å². The van der Waals surface area contributed by atoms with Crippen molar-refractivity contribution in [2.24, 2.45) is 0 Å². The molecule has 3 nitrogen and oxygen atoms in total. The van der Waals surface area contributed by atoms with Gasteiger partial charge in [0.2, 0.25) is 0 Å². The molecule has 0 fully saturated rings. The van der Waals surface area contributed by atoms with Crippen LogP contribution in [0, 0.1) is 0 Å². The lowest BCUT2D eigenvalue weighted by atomic mass is 9.42. The maximum atomic E-state index is 6.85. The van der Waals surface area contributed by atoms with Crippen molar-refractivity contribution in [2.45, 2.75) is 52.4 Å². The third-order valence-corrected chi connectivity index (χ3v) is 15.6. The van der Waals surface area contributed by atoms with E-state index in [1.165, 1.54) is 87.0 Å². The summed E-state index contributed by atoms with van der Waals surface area (Å²) < 4.78 is 9.43. The highest BCUT2D eigenvalue weighted by atomic mass is 32.1. The zero-order valence-electron chi connectivity index (χ0n) is 38.7. The van der Waals surface area contributed by atoms with Crippen LogP contribution in [0.2, 0.25) is 0 Å². The summed E-state index contributed by atoms with van der Waals surface area (Å²) in [5.74, 6) is 0. The molecule has 67 heavy (non-hydrogen) atoms. The van der Waals surface area contributed by atoms with Crippen molar-refractivity contribution < 1.29 is 4.42 Å². The van der Waals surface area contributed by atoms with Crippen LogP contribution in [0.1, 0.15) is 52.7 Å². The molecule has 0 aliphatic carbocycles. The molecule has 13 rings (SSSR count). The van der Waals surface area contributed by atoms with E-state index in [2.05, 4.69) is 239 Å². The average Bonchev–Trinajstić information content (AvgIpc) is 3.92. The lowest BCUT2D eigenvalue weighted by Gasteiger charge is -2.46. The van der Waals surface area contributed by atoms with E-state index in [4.69, 9.17) is 4.42 Å². The number of thiophene rings is 1. The standard InChI is InChI=1S/C62H49BN2OS/c1-61(2,3)41-26-29-43(30-27-41)65-52-35-40(38-17-9-7-10-18-38)25-31-44(52)48-37-49-45-21-14-16-24-55(45)67-60(49)59-57(48)63(65)58-51(33-34-54-56(58)46-22-13-15-23-53(46)66-54)64(59)50-32-28-42(62(4,5)6)36-47(50)39-19-11-8-12-20-39/h7-37H,1-6H3. The molecule has 11 aromatic rings. The van der Waals surface area contributed by atoms with E-state index < -0.39 is 0 Å². The third-order valence-electron chi connectivity index (χ3n) is 14.4. The number of benzene rings is 9. The first-order valence-corrected chi connectivity index (χ1v) is 24.3. The number of anilines is 5. The molecule has 0 saturated heterocycles. The van der Waals surface area contributed by atoms with Gasteiger partial charge in [0, 0.05) is 54.4 Å². The molecule has 5 heteroatoms. The van der Waals surface area contributed by atoms with Gasteiger partial charge in [0.1, 0.15) is 11.2 Å². The number of fused-ring (bicyclic) bond motifs is 12. The summed E-state index contributed by atoms with van der Waals surface area (Å²) in [4.78, 5) is 5.31. The van der Waals surface area contributed by atoms with Crippen LogP contribution in [0.15, 0.2) is 192 Å². The van der Waals surface area contributed by atoms with Crippen LogP contribution in [-0.2, 0) is 10.8 Å². The van der Waals surface area contributed by atoms with E-state index in [-0.39, 0.29) is 17.7 Å². The Morgan fingerprint density at radius 3 is 1.85 bits per heavy atom. The topological polar surface area (TPSA) is 19.6 Å². The summed E-state index contributed by atoms with van der Waals surface area (Å²) in [6.07, 6.45) is 0. The maximum Gasteiger partial charge on any atom is 0.333 e. The van der Waals surface area contributed by atoms with Crippen LogP contribution >= 0.6 is 11.3 Å². The predicted octanol–water partition coefficient (Wildman–Crippen LogP) is 16.6. The second-order valence-electron chi connectivity index (χ2n) is 20.5. The van der Waals surface area contributed by atoms with E-state index in [0.717, 1.165) is 39.0 Å². The molecule has 9 aromatic carbocycles. The van der Waals surface area contributed by atoms with Crippen LogP contribution in [0.3, 0.4) is 0 Å². The van der Waals surface area contributed by atoms with Crippen molar-refractivity contribution in [3.05, 3.63) is 199 Å². The smallest absolute Gasteiger partial charge is 0.333 e. The Bertz CT molecular complexity index is 3780. The highest BCUT2D eigenvalue weighted by Crippen LogP contribution is 2.55. The summed E-state index contributed by atoms with van der Waals surface area (Å²) in [7, 11) is 0. The van der Waals surface area contributed by atoms with E-state index in [9.17, 15) is 0 Å².